The van der Waals surface area contributed by atoms with Crippen LogP contribution in [0.25, 0.3) is 0 Å². The molecular weight excluding hydrogens is 302 g/mol. The van der Waals surface area contributed by atoms with Gasteiger partial charge in [-0.1, -0.05) is 13.0 Å². The molecule has 0 saturated heterocycles. The van der Waals surface area contributed by atoms with E-state index in [-0.39, 0.29) is 5.69 Å². The summed E-state index contributed by atoms with van der Waals surface area (Å²) < 4.78 is 77.7. The predicted molar refractivity (Wildman–Crippen MR) is 62.3 cm³/mol. The highest BCUT2D eigenvalue weighted by molar-refractivity contribution is 5.10. The molecule has 1 heterocycles. The Hall–Kier alpha value is -1.35. The highest BCUT2D eigenvalue weighted by Gasteiger charge is 2.57. The number of alkyl halides is 6. The van der Waals surface area contributed by atoms with Gasteiger partial charge >= 0.3 is 12.4 Å². The van der Waals surface area contributed by atoms with Crippen molar-refractivity contribution in [3.8, 4) is 0 Å². The van der Waals surface area contributed by atoms with Gasteiger partial charge in [-0.3, -0.25) is 4.98 Å². The molecule has 1 N–H and O–H groups in total. The smallest absolute Gasteiger partial charge is 0.354 e. The van der Waals surface area contributed by atoms with Crippen molar-refractivity contribution in [3.05, 3.63) is 29.6 Å². The minimum Gasteiger partial charge on any atom is -0.354 e. The standard InChI is InChI=1S/C12H14F6N2O/c1-2-19-6-8-4-3-5-9(20-8)7-21-10(11(13,14)15)12(16,17)18/h3-5,10,19H,2,6-7H2,1H3. The summed E-state index contributed by atoms with van der Waals surface area (Å²) in [4.78, 5) is 3.92. The van der Waals surface area contributed by atoms with Gasteiger partial charge in [-0.25, -0.2) is 0 Å². The molecule has 0 unspecified atom stereocenters. The van der Waals surface area contributed by atoms with Crippen LogP contribution in [-0.2, 0) is 17.9 Å². The Morgan fingerprint density at radius 1 is 1.10 bits per heavy atom. The molecule has 3 nitrogen and oxygen atoms in total. The second kappa shape index (κ2) is 7.08. The van der Waals surface area contributed by atoms with Crippen molar-refractivity contribution < 1.29 is 31.1 Å². The highest BCUT2D eigenvalue weighted by Crippen LogP contribution is 2.36. The van der Waals surface area contributed by atoms with Gasteiger partial charge in [-0.2, -0.15) is 26.3 Å². The Bertz CT molecular complexity index is 432. The van der Waals surface area contributed by atoms with Crippen molar-refractivity contribution in [2.45, 2.75) is 38.5 Å². The first-order valence-electron chi connectivity index (χ1n) is 6.05. The van der Waals surface area contributed by atoms with Crippen LogP contribution in [0.2, 0.25) is 0 Å². The van der Waals surface area contributed by atoms with Crippen molar-refractivity contribution in [1.29, 1.82) is 0 Å². The lowest BCUT2D eigenvalue weighted by atomic mass is 10.3. The van der Waals surface area contributed by atoms with E-state index >= 15 is 0 Å². The lowest BCUT2D eigenvalue weighted by Gasteiger charge is -2.22. The maximum absolute atomic E-state index is 12.3. The Morgan fingerprint density at radius 2 is 1.67 bits per heavy atom. The fourth-order valence-electron chi connectivity index (χ4n) is 1.50. The summed E-state index contributed by atoms with van der Waals surface area (Å²) in [5.41, 5.74) is 0.512. The SMILES string of the molecule is CCNCc1cccc(COC(C(F)(F)F)C(F)(F)F)n1. The van der Waals surface area contributed by atoms with Crippen LogP contribution in [0.3, 0.4) is 0 Å². The minimum atomic E-state index is -5.51. The molecule has 0 saturated carbocycles. The van der Waals surface area contributed by atoms with Crippen LogP contribution < -0.4 is 5.32 Å². The van der Waals surface area contributed by atoms with Gasteiger partial charge in [0.25, 0.3) is 0 Å². The number of halogens is 6. The van der Waals surface area contributed by atoms with Crippen LogP contribution in [0.1, 0.15) is 18.3 Å². The van der Waals surface area contributed by atoms with Gasteiger partial charge in [0.15, 0.2) is 0 Å². The molecule has 21 heavy (non-hydrogen) atoms. The van der Waals surface area contributed by atoms with Crippen LogP contribution in [0, 0.1) is 0 Å². The zero-order valence-corrected chi connectivity index (χ0v) is 11.1. The number of hydrogen-bond donors (Lipinski definition) is 1. The average molecular weight is 316 g/mol. The van der Waals surface area contributed by atoms with Crippen LogP contribution in [0.5, 0.6) is 0 Å². The quantitative estimate of drug-likeness (QED) is 0.819. The summed E-state index contributed by atoms with van der Waals surface area (Å²) in [6.07, 6.45) is -14.8. The van der Waals surface area contributed by atoms with Gasteiger partial charge in [0.2, 0.25) is 6.10 Å². The lowest BCUT2D eigenvalue weighted by molar-refractivity contribution is -0.324. The van der Waals surface area contributed by atoms with E-state index in [2.05, 4.69) is 15.0 Å². The highest BCUT2D eigenvalue weighted by atomic mass is 19.4. The molecule has 0 amide bonds. The summed E-state index contributed by atoms with van der Waals surface area (Å²) >= 11 is 0. The van der Waals surface area contributed by atoms with E-state index in [4.69, 9.17) is 0 Å². The fourth-order valence-corrected chi connectivity index (χ4v) is 1.50. The van der Waals surface area contributed by atoms with Gasteiger partial charge in [0.05, 0.1) is 18.0 Å². The molecule has 1 aromatic heterocycles. The van der Waals surface area contributed by atoms with Crippen molar-refractivity contribution in [2.75, 3.05) is 6.54 Å². The Morgan fingerprint density at radius 3 is 2.19 bits per heavy atom. The summed E-state index contributed by atoms with van der Waals surface area (Å²) in [5.74, 6) is 0. The number of nitrogens with one attached hydrogen (secondary N) is 1. The molecule has 0 aliphatic carbocycles. The molecule has 0 fully saturated rings. The molecule has 1 rings (SSSR count). The van der Waals surface area contributed by atoms with E-state index in [0.717, 1.165) is 0 Å². The lowest BCUT2D eigenvalue weighted by Crippen LogP contribution is -2.44. The molecule has 0 radical (unpaired) electrons. The van der Waals surface area contributed by atoms with Gasteiger partial charge in [0.1, 0.15) is 0 Å². The van der Waals surface area contributed by atoms with E-state index in [9.17, 15) is 26.3 Å². The van der Waals surface area contributed by atoms with Crippen molar-refractivity contribution in [2.24, 2.45) is 0 Å². The topological polar surface area (TPSA) is 34.1 Å². The maximum atomic E-state index is 12.3. The number of rotatable bonds is 6. The first-order chi connectivity index (χ1) is 9.64. The Labute approximate surface area is 117 Å². The van der Waals surface area contributed by atoms with E-state index < -0.39 is 25.1 Å². The van der Waals surface area contributed by atoms with E-state index in [1.165, 1.54) is 12.1 Å². The predicted octanol–water partition coefficient (Wildman–Crippen LogP) is 3.20. The van der Waals surface area contributed by atoms with Crippen molar-refractivity contribution >= 4 is 0 Å². The molecule has 0 aromatic carbocycles. The first-order valence-corrected chi connectivity index (χ1v) is 6.05. The fraction of sp³-hybridized carbons (Fsp3) is 0.583. The molecule has 0 spiro atoms. The minimum absolute atomic E-state index is 0.00361. The summed E-state index contributed by atoms with van der Waals surface area (Å²) in [6, 6.07) is 4.41. The Kier molecular flexibility index (Phi) is 5.97. The Balaban J connectivity index is 2.72. The monoisotopic (exact) mass is 316 g/mol. The number of pyridine rings is 1. The van der Waals surface area contributed by atoms with Gasteiger partial charge in [-0.15, -0.1) is 0 Å². The van der Waals surface area contributed by atoms with Crippen LogP contribution in [0.15, 0.2) is 18.2 Å². The largest absolute Gasteiger partial charge is 0.423 e. The third-order valence-corrected chi connectivity index (χ3v) is 2.41. The van der Waals surface area contributed by atoms with Crippen LogP contribution >= 0.6 is 0 Å². The molecule has 0 aliphatic rings. The van der Waals surface area contributed by atoms with Gasteiger partial charge < -0.3 is 10.1 Å². The van der Waals surface area contributed by atoms with Gasteiger partial charge in [-0.05, 0) is 18.7 Å². The maximum Gasteiger partial charge on any atom is 0.423 e. The third kappa shape index (κ3) is 5.88. The second-order valence-corrected chi connectivity index (χ2v) is 4.17. The zero-order chi connectivity index (χ0) is 16.1. The molecule has 0 bridgehead atoms. The summed E-state index contributed by atoms with van der Waals surface area (Å²) in [6.45, 7) is 2.01. The van der Waals surface area contributed by atoms with E-state index in [1.54, 1.807) is 6.07 Å². The number of ether oxygens (including phenoxy) is 1. The van der Waals surface area contributed by atoms with Crippen molar-refractivity contribution in [3.63, 3.8) is 0 Å². The second-order valence-electron chi connectivity index (χ2n) is 4.17. The van der Waals surface area contributed by atoms with Gasteiger partial charge in [0, 0.05) is 6.54 Å². The zero-order valence-electron chi connectivity index (χ0n) is 11.1. The first kappa shape index (κ1) is 17.7. The normalized spacial score (nSPS) is 13.0. The van der Waals surface area contributed by atoms with E-state index in [0.29, 0.717) is 18.8 Å². The molecule has 0 aliphatic heterocycles. The third-order valence-electron chi connectivity index (χ3n) is 2.41. The molecular formula is C12H14F6N2O. The van der Waals surface area contributed by atoms with Crippen LogP contribution in [0.4, 0.5) is 26.3 Å². The molecule has 9 heteroatoms. The average Bonchev–Trinajstić information content (AvgIpc) is 2.33. The van der Waals surface area contributed by atoms with Crippen LogP contribution in [-0.4, -0.2) is 30.0 Å². The number of nitrogens with zero attached hydrogens (tertiary/aromatic N) is 1. The molecule has 0 atom stereocenters. The van der Waals surface area contributed by atoms with Crippen molar-refractivity contribution in [1.82, 2.24) is 10.3 Å². The summed E-state index contributed by atoms with van der Waals surface area (Å²) in [5, 5.41) is 2.94. The van der Waals surface area contributed by atoms with E-state index in [1.807, 2.05) is 6.92 Å². The molecule has 120 valence electrons. The number of aromatic nitrogens is 1. The number of hydrogen-bond acceptors (Lipinski definition) is 3. The summed E-state index contributed by atoms with van der Waals surface area (Å²) in [7, 11) is 0. The molecule has 1 aromatic rings.